The van der Waals surface area contributed by atoms with Gasteiger partial charge in [0, 0.05) is 12.2 Å². The quantitative estimate of drug-likeness (QED) is 0.499. The highest BCUT2D eigenvalue weighted by molar-refractivity contribution is 5.94. The number of hydrogen-bond acceptors (Lipinski definition) is 3. The van der Waals surface area contributed by atoms with Crippen molar-refractivity contribution in [3.05, 3.63) is 35.4 Å². The van der Waals surface area contributed by atoms with Crippen molar-refractivity contribution in [3.63, 3.8) is 0 Å². The molecule has 0 heterocycles. The predicted molar refractivity (Wildman–Crippen MR) is 72.1 cm³/mol. The van der Waals surface area contributed by atoms with E-state index in [1.165, 1.54) is 0 Å². The van der Waals surface area contributed by atoms with Crippen LogP contribution in [0.2, 0.25) is 0 Å². The summed E-state index contributed by atoms with van der Waals surface area (Å²) >= 11 is 0. The zero-order valence-corrected chi connectivity index (χ0v) is 11.3. The molecule has 0 atom stereocenters. The molecule has 0 N–H and O–H groups in total. The van der Waals surface area contributed by atoms with E-state index in [2.05, 4.69) is 6.92 Å². The Morgan fingerprint density at radius 1 is 1.11 bits per heavy atom. The molecule has 1 aromatic carbocycles. The third-order valence-electron chi connectivity index (χ3n) is 2.59. The van der Waals surface area contributed by atoms with Gasteiger partial charge in [-0.05, 0) is 31.4 Å². The fourth-order valence-electron chi connectivity index (χ4n) is 1.60. The molecule has 0 aromatic heterocycles. The van der Waals surface area contributed by atoms with Gasteiger partial charge in [0.25, 0.3) is 0 Å². The molecule has 0 unspecified atom stereocenters. The van der Waals surface area contributed by atoms with Gasteiger partial charge in [-0.15, -0.1) is 0 Å². The molecule has 3 nitrogen and oxygen atoms in total. The molecule has 0 fully saturated rings. The smallest absolute Gasteiger partial charge is 0.159 e. The molecule has 100 valence electrons. The Kier molecular flexibility index (Phi) is 7.30. The summed E-state index contributed by atoms with van der Waals surface area (Å²) in [6, 6.07) is 7.70. The third-order valence-corrected chi connectivity index (χ3v) is 2.59. The summed E-state index contributed by atoms with van der Waals surface area (Å²) in [5.41, 5.74) is 1.90. The average Bonchev–Trinajstić information content (AvgIpc) is 2.38. The van der Waals surface area contributed by atoms with E-state index in [1.54, 1.807) is 6.92 Å². The van der Waals surface area contributed by atoms with E-state index in [0.29, 0.717) is 19.8 Å². The Bertz CT molecular complexity index is 361. The van der Waals surface area contributed by atoms with Gasteiger partial charge < -0.3 is 9.47 Å². The summed E-state index contributed by atoms with van der Waals surface area (Å²) in [5, 5.41) is 0. The van der Waals surface area contributed by atoms with E-state index in [0.717, 1.165) is 30.6 Å². The van der Waals surface area contributed by atoms with Gasteiger partial charge in [-0.3, -0.25) is 4.79 Å². The first-order valence-electron chi connectivity index (χ1n) is 6.49. The Labute approximate surface area is 109 Å². The van der Waals surface area contributed by atoms with E-state index < -0.39 is 0 Å². The highest BCUT2D eigenvalue weighted by atomic mass is 16.5. The fourth-order valence-corrected chi connectivity index (χ4v) is 1.60. The van der Waals surface area contributed by atoms with Crippen molar-refractivity contribution >= 4 is 5.78 Å². The van der Waals surface area contributed by atoms with Crippen LogP contribution in [-0.4, -0.2) is 32.2 Å². The lowest BCUT2D eigenvalue weighted by molar-refractivity contribution is 0.0492. The van der Waals surface area contributed by atoms with Gasteiger partial charge in [0.1, 0.15) is 0 Å². The first-order chi connectivity index (χ1) is 8.74. The number of carbonyl (C=O) groups is 1. The minimum atomic E-state index is 0.103. The van der Waals surface area contributed by atoms with Crippen LogP contribution in [0.1, 0.15) is 36.2 Å². The number of ketones is 1. The van der Waals surface area contributed by atoms with Crippen LogP contribution in [0.5, 0.6) is 0 Å². The lowest BCUT2D eigenvalue weighted by Crippen LogP contribution is -2.07. The standard InChI is InChI=1S/C15H22O3/c1-3-8-17-10-11-18-9-7-14-5-4-6-15(12-14)13(2)16/h4-6,12H,3,7-11H2,1-2H3. The van der Waals surface area contributed by atoms with Crippen LogP contribution in [0.15, 0.2) is 24.3 Å². The number of ether oxygens (including phenoxy) is 2. The van der Waals surface area contributed by atoms with Gasteiger partial charge in [-0.1, -0.05) is 25.1 Å². The van der Waals surface area contributed by atoms with Gasteiger partial charge in [0.15, 0.2) is 5.78 Å². The third kappa shape index (κ3) is 5.94. The summed E-state index contributed by atoms with van der Waals surface area (Å²) in [6.07, 6.45) is 1.87. The lowest BCUT2D eigenvalue weighted by Gasteiger charge is -2.06. The van der Waals surface area contributed by atoms with Crippen molar-refractivity contribution in [2.75, 3.05) is 26.4 Å². The molecule has 0 saturated carbocycles. The predicted octanol–water partition coefficient (Wildman–Crippen LogP) is 2.87. The Balaban J connectivity index is 2.19. The summed E-state index contributed by atoms with van der Waals surface area (Å²) in [4.78, 5) is 11.2. The van der Waals surface area contributed by atoms with Crippen LogP contribution in [0.3, 0.4) is 0 Å². The second-order valence-electron chi connectivity index (χ2n) is 4.23. The summed E-state index contributed by atoms with van der Waals surface area (Å²) < 4.78 is 10.8. The number of benzene rings is 1. The highest BCUT2D eigenvalue weighted by Crippen LogP contribution is 2.06. The van der Waals surface area contributed by atoms with Crippen molar-refractivity contribution in [2.45, 2.75) is 26.7 Å². The second kappa shape index (κ2) is 8.84. The summed E-state index contributed by atoms with van der Waals surface area (Å²) in [5.74, 6) is 0.103. The van der Waals surface area contributed by atoms with E-state index in [9.17, 15) is 4.79 Å². The van der Waals surface area contributed by atoms with Crippen LogP contribution in [0.4, 0.5) is 0 Å². The first-order valence-corrected chi connectivity index (χ1v) is 6.49. The lowest BCUT2D eigenvalue weighted by atomic mass is 10.1. The van der Waals surface area contributed by atoms with E-state index in [-0.39, 0.29) is 5.78 Å². The summed E-state index contributed by atoms with van der Waals surface area (Å²) in [6.45, 7) is 6.41. The van der Waals surface area contributed by atoms with Gasteiger partial charge >= 0.3 is 0 Å². The SMILES string of the molecule is CCCOCCOCCc1cccc(C(C)=O)c1. The second-order valence-corrected chi connectivity index (χ2v) is 4.23. The molecule has 0 saturated heterocycles. The monoisotopic (exact) mass is 250 g/mol. The minimum absolute atomic E-state index is 0.103. The molecular weight excluding hydrogens is 228 g/mol. The van der Waals surface area contributed by atoms with Gasteiger partial charge in [-0.2, -0.15) is 0 Å². The van der Waals surface area contributed by atoms with Crippen molar-refractivity contribution in [1.82, 2.24) is 0 Å². The molecular formula is C15H22O3. The van der Waals surface area contributed by atoms with E-state index in [1.807, 2.05) is 24.3 Å². The number of carbonyl (C=O) groups excluding carboxylic acids is 1. The maximum Gasteiger partial charge on any atom is 0.159 e. The van der Waals surface area contributed by atoms with Crippen LogP contribution >= 0.6 is 0 Å². The fraction of sp³-hybridized carbons (Fsp3) is 0.533. The molecule has 0 bridgehead atoms. The number of hydrogen-bond donors (Lipinski definition) is 0. The van der Waals surface area contributed by atoms with Crippen LogP contribution in [-0.2, 0) is 15.9 Å². The zero-order chi connectivity index (χ0) is 13.2. The van der Waals surface area contributed by atoms with Crippen LogP contribution in [0, 0.1) is 0 Å². The molecule has 1 aromatic rings. The topological polar surface area (TPSA) is 35.5 Å². The van der Waals surface area contributed by atoms with Gasteiger partial charge in [-0.25, -0.2) is 0 Å². The van der Waals surface area contributed by atoms with Crippen LogP contribution in [0.25, 0.3) is 0 Å². The highest BCUT2D eigenvalue weighted by Gasteiger charge is 2.00. The van der Waals surface area contributed by atoms with Crippen LogP contribution < -0.4 is 0 Å². The van der Waals surface area contributed by atoms with Crippen molar-refractivity contribution < 1.29 is 14.3 Å². The normalized spacial score (nSPS) is 10.6. The molecule has 18 heavy (non-hydrogen) atoms. The van der Waals surface area contributed by atoms with Crippen molar-refractivity contribution in [1.29, 1.82) is 0 Å². The number of Topliss-reactive ketones (excluding diaryl/α,β-unsaturated/α-hetero) is 1. The largest absolute Gasteiger partial charge is 0.379 e. The molecule has 0 spiro atoms. The Morgan fingerprint density at radius 3 is 2.50 bits per heavy atom. The average molecular weight is 250 g/mol. The maximum absolute atomic E-state index is 11.2. The van der Waals surface area contributed by atoms with Crippen molar-refractivity contribution in [3.8, 4) is 0 Å². The first kappa shape index (κ1) is 14.9. The van der Waals surface area contributed by atoms with Gasteiger partial charge in [0.05, 0.1) is 19.8 Å². The molecule has 0 aliphatic rings. The molecule has 0 aliphatic heterocycles. The van der Waals surface area contributed by atoms with Crippen molar-refractivity contribution in [2.24, 2.45) is 0 Å². The molecule has 1 rings (SSSR count). The zero-order valence-electron chi connectivity index (χ0n) is 11.3. The Morgan fingerprint density at radius 2 is 1.83 bits per heavy atom. The minimum Gasteiger partial charge on any atom is -0.379 e. The molecule has 0 amide bonds. The number of rotatable bonds is 9. The van der Waals surface area contributed by atoms with E-state index >= 15 is 0 Å². The maximum atomic E-state index is 11.2. The molecule has 3 heteroatoms. The van der Waals surface area contributed by atoms with Gasteiger partial charge in [0.2, 0.25) is 0 Å². The molecule has 0 aliphatic carbocycles. The molecule has 0 radical (unpaired) electrons. The Hall–Kier alpha value is -1.19. The van der Waals surface area contributed by atoms with E-state index in [4.69, 9.17) is 9.47 Å². The summed E-state index contributed by atoms with van der Waals surface area (Å²) in [7, 11) is 0.